The van der Waals surface area contributed by atoms with Gasteiger partial charge in [-0.3, -0.25) is 4.98 Å². The Morgan fingerprint density at radius 2 is 1.79 bits per heavy atom. The summed E-state index contributed by atoms with van der Waals surface area (Å²) in [5.41, 5.74) is 5.62. The molecule has 1 radical (unpaired) electrons. The van der Waals surface area contributed by atoms with Gasteiger partial charge in [0.2, 0.25) is 0 Å². The Kier molecular flexibility index (Phi) is 7.39. The van der Waals surface area contributed by atoms with E-state index in [1.165, 1.54) is 29.6 Å². The number of benzene rings is 1. The second-order valence-corrected chi connectivity index (χ2v) is 8.70. The van der Waals surface area contributed by atoms with Gasteiger partial charge in [0.25, 0.3) is 10.0 Å². The van der Waals surface area contributed by atoms with Crippen LogP contribution >= 0.6 is 0 Å². The monoisotopic (exact) mass is 440 g/mol. The molecule has 7 nitrogen and oxygen atoms in total. The normalized spacial score (nSPS) is 14.5. The molecule has 9 heteroatoms. The molecule has 29 heavy (non-hydrogen) atoms. The van der Waals surface area contributed by atoms with Crippen LogP contribution in [0, 0.1) is 0 Å². The van der Waals surface area contributed by atoms with Crippen LogP contribution in [0.4, 0.5) is 10.5 Å². The van der Waals surface area contributed by atoms with E-state index in [2.05, 4.69) is 21.1 Å². The number of aromatic nitrogens is 1. The van der Waals surface area contributed by atoms with Crippen molar-refractivity contribution in [3.63, 3.8) is 0 Å². The number of nitrogens with zero attached hydrogens (tertiary/aromatic N) is 1. The average Bonchev–Trinajstić information content (AvgIpc) is 3.30. The van der Waals surface area contributed by atoms with Crippen LogP contribution in [0.15, 0.2) is 29.4 Å². The molecule has 2 aromatic rings. The van der Waals surface area contributed by atoms with E-state index in [0.717, 1.165) is 55.3 Å². The van der Waals surface area contributed by atoms with Crippen LogP contribution in [-0.4, -0.2) is 77.4 Å². The second-order valence-electron chi connectivity index (χ2n) is 7.05. The number of sulfonamides is 1. The molecule has 149 valence electrons. The van der Waals surface area contributed by atoms with Gasteiger partial charge in [-0.05, 0) is 73.8 Å². The summed E-state index contributed by atoms with van der Waals surface area (Å²) in [7, 11) is -4.11. The van der Waals surface area contributed by atoms with Gasteiger partial charge < -0.3 is 10.1 Å². The maximum Gasteiger partial charge on any atom is 0.333 e. The van der Waals surface area contributed by atoms with E-state index >= 15 is 0 Å². The van der Waals surface area contributed by atoms with Crippen LogP contribution in [0.25, 0.3) is 0 Å². The number of carbonyl (C=O) groups is 1. The van der Waals surface area contributed by atoms with Gasteiger partial charge in [0.15, 0.2) is 0 Å². The molecule has 1 aromatic carbocycles. The Labute approximate surface area is 213 Å². The summed E-state index contributed by atoms with van der Waals surface area (Å²) in [4.78, 5) is 16.3. The minimum atomic E-state index is -4.11. The Morgan fingerprint density at radius 1 is 1.14 bits per heavy atom. The van der Waals surface area contributed by atoms with Crippen molar-refractivity contribution in [2.75, 3.05) is 11.9 Å². The molecule has 2 aliphatic rings. The molecule has 0 bridgehead atoms. The Bertz CT molecular complexity index is 1010. The van der Waals surface area contributed by atoms with Gasteiger partial charge in [-0.25, -0.2) is 17.9 Å². The van der Waals surface area contributed by atoms with E-state index in [9.17, 15) is 13.2 Å². The largest absolute Gasteiger partial charge is 0.492 e. The summed E-state index contributed by atoms with van der Waals surface area (Å²) < 4.78 is 32.9. The van der Waals surface area contributed by atoms with Crippen molar-refractivity contribution in [3.8, 4) is 5.75 Å². The number of hydrogen-bond donors (Lipinski definition) is 2. The topological polar surface area (TPSA) is 97.4 Å². The van der Waals surface area contributed by atoms with Gasteiger partial charge in [0.05, 0.1) is 12.8 Å². The molecule has 0 atom stereocenters. The first-order valence-electron chi connectivity index (χ1n) is 9.56. The zero-order valence-corrected chi connectivity index (χ0v) is 20.7. The average molecular weight is 441 g/mol. The van der Waals surface area contributed by atoms with Crippen LogP contribution in [-0.2, 0) is 35.7 Å². The number of ether oxygens (including phenoxy) is 1. The quantitative estimate of drug-likeness (QED) is 0.697. The van der Waals surface area contributed by atoms with Crippen LogP contribution in [0.5, 0.6) is 5.75 Å². The van der Waals surface area contributed by atoms with Crippen LogP contribution in [0.1, 0.15) is 42.0 Å². The van der Waals surface area contributed by atoms with E-state index in [-0.39, 0.29) is 62.0 Å². The molecule has 0 spiro atoms. The second kappa shape index (κ2) is 9.44. The van der Waals surface area contributed by atoms with Gasteiger partial charge in [0.1, 0.15) is 10.6 Å². The van der Waals surface area contributed by atoms with Gasteiger partial charge in [0, 0.05) is 63.3 Å². The Hall–Kier alpha value is -0.974. The predicted octanol–water partition coefficient (Wildman–Crippen LogP) is 2.59. The SMILES string of the molecule is CCOc1ccncc1S(=O)(=O)NC(=O)Nc1c2c(cc3c1CCC3)CCC2.[K]. The number of carbonyl (C=O) groups excluding carboxylic acids is 1. The number of hydrogen-bond acceptors (Lipinski definition) is 5. The molecule has 0 saturated heterocycles. The predicted molar refractivity (Wildman–Crippen MR) is 111 cm³/mol. The van der Waals surface area contributed by atoms with Gasteiger partial charge in [-0.1, -0.05) is 6.07 Å². The third kappa shape index (κ3) is 4.70. The third-order valence-electron chi connectivity index (χ3n) is 5.27. The zero-order valence-electron chi connectivity index (χ0n) is 16.7. The fourth-order valence-electron chi connectivity index (χ4n) is 4.13. The van der Waals surface area contributed by atoms with Crippen molar-refractivity contribution in [1.29, 1.82) is 0 Å². The molecule has 0 saturated carbocycles. The first kappa shape index (κ1) is 22.7. The smallest absolute Gasteiger partial charge is 0.333 e. The molecule has 1 heterocycles. The first-order valence-corrected chi connectivity index (χ1v) is 11.0. The summed E-state index contributed by atoms with van der Waals surface area (Å²) in [6.45, 7) is 2.06. The number of rotatable bonds is 5. The van der Waals surface area contributed by atoms with Crippen molar-refractivity contribution < 1.29 is 17.9 Å². The van der Waals surface area contributed by atoms with E-state index in [1.54, 1.807) is 6.92 Å². The number of aryl methyl sites for hydroxylation is 2. The summed E-state index contributed by atoms with van der Waals surface area (Å²) in [6.07, 6.45) is 8.55. The van der Waals surface area contributed by atoms with Crippen LogP contribution in [0.3, 0.4) is 0 Å². The van der Waals surface area contributed by atoms with Crippen molar-refractivity contribution in [1.82, 2.24) is 9.71 Å². The van der Waals surface area contributed by atoms with Crippen molar-refractivity contribution >= 4 is 73.1 Å². The van der Waals surface area contributed by atoms with Crippen molar-refractivity contribution in [2.24, 2.45) is 0 Å². The Balaban J connectivity index is 0.00000240. The minimum absolute atomic E-state index is 0. The van der Waals surface area contributed by atoms with Crippen molar-refractivity contribution in [3.05, 3.63) is 46.8 Å². The number of urea groups is 1. The number of nitrogens with one attached hydrogen (secondary N) is 2. The summed E-state index contributed by atoms with van der Waals surface area (Å²) >= 11 is 0. The fourth-order valence-corrected chi connectivity index (χ4v) is 5.12. The molecule has 1 aromatic heterocycles. The third-order valence-corrected chi connectivity index (χ3v) is 6.61. The van der Waals surface area contributed by atoms with E-state index in [1.807, 2.05) is 0 Å². The molecule has 4 rings (SSSR count). The standard InChI is InChI=1S/C20H23N3O4S.K/c1-2-27-17-9-10-21-12-18(17)28(25,26)23-20(24)22-19-15-7-3-5-13(15)11-14-6-4-8-16(14)19;/h9-12H,2-8H2,1H3,(H2,22,23,24);. The Morgan fingerprint density at radius 3 is 2.41 bits per heavy atom. The molecule has 2 N–H and O–H groups in total. The number of fused-ring (bicyclic) bond motifs is 2. The number of anilines is 1. The molecule has 2 aliphatic carbocycles. The molecular weight excluding hydrogens is 417 g/mol. The summed E-state index contributed by atoms with van der Waals surface area (Å²) in [6, 6.07) is 2.96. The van der Waals surface area contributed by atoms with E-state index in [4.69, 9.17) is 4.74 Å². The molecule has 0 fully saturated rings. The van der Waals surface area contributed by atoms with Gasteiger partial charge >= 0.3 is 6.03 Å². The summed E-state index contributed by atoms with van der Waals surface area (Å²) in [5.74, 6) is 0.166. The van der Waals surface area contributed by atoms with Crippen LogP contribution < -0.4 is 14.8 Å². The zero-order chi connectivity index (χ0) is 19.7. The maximum atomic E-state index is 12.7. The first-order chi connectivity index (χ1) is 13.5. The molecule has 0 unspecified atom stereocenters. The molecule has 0 aliphatic heterocycles. The van der Waals surface area contributed by atoms with E-state index < -0.39 is 16.1 Å². The summed E-state index contributed by atoms with van der Waals surface area (Å²) in [5, 5.41) is 2.83. The van der Waals surface area contributed by atoms with Crippen LogP contribution in [0.2, 0.25) is 0 Å². The number of amides is 2. The minimum Gasteiger partial charge on any atom is -0.492 e. The molecular formula is C20H23KN3O4S. The van der Waals surface area contributed by atoms with Gasteiger partial charge in [-0.2, -0.15) is 0 Å². The van der Waals surface area contributed by atoms with Crippen molar-refractivity contribution in [2.45, 2.75) is 50.3 Å². The van der Waals surface area contributed by atoms with E-state index in [0.29, 0.717) is 6.61 Å². The molecule has 2 amide bonds. The number of pyridine rings is 1. The van der Waals surface area contributed by atoms with Gasteiger partial charge in [-0.15, -0.1) is 0 Å². The fraction of sp³-hybridized carbons (Fsp3) is 0.400. The maximum absolute atomic E-state index is 12.7.